The van der Waals surface area contributed by atoms with Crippen molar-refractivity contribution in [2.75, 3.05) is 5.32 Å². The van der Waals surface area contributed by atoms with Gasteiger partial charge in [-0.25, -0.2) is 9.78 Å². The first kappa shape index (κ1) is 12.0. The predicted molar refractivity (Wildman–Crippen MR) is 64.0 cm³/mol. The molecule has 0 amide bonds. The molecule has 0 fully saturated rings. The zero-order valence-electron chi connectivity index (χ0n) is 10.0. The van der Waals surface area contributed by atoms with Crippen molar-refractivity contribution >= 4 is 11.8 Å². The van der Waals surface area contributed by atoms with Crippen LogP contribution in [-0.2, 0) is 11.8 Å². The predicted octanol–water partition coefficient (Wildman–Crippen LogP) is 0.756. The quantitative estimate of drug-likeness (QED) is 0.828. The number of nitrogens with zero attached hydrogens (tertiary/aromatic N) is 4. The summed E-state index contributed by atoms with van der Waals surface area (Å²) in [5.74, 6) is -0.540. The van der Waals surface area contributed by atoms with Crippen LogP contribution in [0.2, 0.25) is 0 Å². The smallest absolute Gasteiger partial charge is 0.330 e. The molecule has 2 rings (SSSR count). The highest BCUT2D eigenvalue weighted by Crippen LogP contribution is 2.19. The van der Waals surface area contributed by atoms with Crippen LogP contribution >= 0.6 is 0 Å². The van der Waals surface area contributed by atoms with E-state index < -0.39 is 12.0 Å². The zero-order valence-corrected chi connectivity index (χ0v) is 10.0. The Kier molecular flexibility index (Phi) is 3.22. The van der Waals surface area contributed by atoms with Gasteiger partial charge in [0.15, 0.2) is 6.04 Å². The van der Waals surface area contributed by atoms with Crippen LogP contribution < -0.4 is 5.32 Å². The summed E-state index contributed by atoms with van der Waals surface area (Å²) in [5, 5.41) is 16.1. The van der Waals surface area contributed by atoms with E-state index in [1.807, 2.05) is 0 Å². The number of hydrogen-bond acceptors (Lipinski definition) is 5. The van der Waals surface area contributed by atoms with E-state index in [-0.39, 0.29) is 0 Å². The molecule has 1 unspecified atom stereocenters. The van der Waals surface area contributed by atoms with Gasteiger partial charge in [0.05, 0.1) is 11.9 Å². The maximum Gasteiger partial charge on any atom is 0.330 e. The number of carboxylic acids is 1. The Hall–Kier alpha value is -2.44. The minimum absolute atomic E-state index is 0.453. The van der Waals surface area contributed by atoms with Gasteiger partial charge >= 0.3 is 5.97 Å². The van der Waals surface area contributed by atoms with Gasteiger partial charge in [-0.15, -0.1) is 0 Å². The van der Waals surface area contributed by atoms with E-state index >= 15 is 0 Å². The third-order valence-corrected chi connectivity index (χ3v) is 2.47. The van der Waals surface area contributed by atoms with Crippen LogP contribution in [0.4, 0.5) is 5.82 Å². The lowest BCUT2D eigenvalue weighted by molar-refractivity contribution is -0.138. The number of aryl methyl sites for hydroxylation is 2. The van der Waals surface area contributed by atoms with Crippen molar-refractivity contribution in [2.45, 2.75) is 13.0 Å². The lowest BCUT2D eigenvalue weighted by atomic mass is 10.1. The maximum atomic E-state index is 11.3. The standard InChI is InChI=1S/C11H13N5O2/c1-7-10(13-4-3-12-7)15-9(11(17)18)8-5-14-16(2)6-8/h3-6,9H,1-2H3,(H,13,15)(H,17,18). The average Bonchev–Trinajstić information content (AvgIpc) is 2.74. The van der Waals surface area contributed by atoms with E-state index in [0.717, 1.165) is 0 Å². The molecule has 0 aliphatic carbocycles. The number of aliphatic carboxylic acids is 1. The molecule has 18 heavy (non-hydrogen) atoms. The van der Waals surface area contributed by atoms with Gasteiger partial charge in [0.25, 0.3) is 0 Å². The monoisotopic (exact) mass is 247 g/mol. The number of hydrogen-bond donors (Lipinski definition) is 2. The van der Waals surface area contributed by atoms with Crippen molar-refractivity contribution in [1.29, 1.82) is 0 Å². The van der Waals surface area contributed by atoms with Gasteiger partial charge in [0.2, 0.25) is 0 Å². The molecule has 0 radical (unpaired) electrons. The van der Waals surface area contributed by atoms with Crippen LogP contribution in [0.3, 0.4) is 0 Å². The Morgan fingerprint density at radius 1 is 1.44 bits per heavy atom. The van der Waals surface area contributed by atoms with Crippen LogP contribution in [0, 0.1) is 6.92 Å². The van der Waals surface area contributed by atoms with E-state index in [1.54, 1.807) is 31.0 Å². The zero-order chi connectivity index (χ0) is 13.1. The van der Waals surface area contributed by atoms with Gasteiger partial charge in [-0.3, -0.25) is 9.67 Å². The number of nitrogens with one attached hydrogen (secondary N) is 1. The fourth-order valence-electron chi connectivity index (χ4n) is 1.56. The van der Waals surface area contributed by atoms with Crippen molar-refractivity contribution in [3.05, 3.63) is 36.0 Å². The topological polar surface area (TPSA) is 92.9 Å². The molecule has 2 N–H and O–H groups in total. The number of aromatic nitrogens is 4. The molecule has 0 aliphatic heterocycles. The molecule has 0 saturated carbocycles. The molecule has 7 heteroatoms. The summed E-state index contributed by atoms with van der Waals surface area (Å²) < 4.78 is 1.55. The summed E-state index contributed by atoms with van der Waals surface area (Å²) in [6.45, 7) is 1.76. The van der Waals surface area contributed by atoms with Crippen LogP contribution in [0.25, 0.3) is 0 Å². The van der Waals surface area contributed by atoms with Crippen LogP contribution in [0.1, 0.15) is 17.3 Å². The highest BCUT2D eigenvalue weighted by Gasteiger charge is 2.22. The molecular formula is C11H13N5O2. The molecule has 0 spiro atoms. The second-order valence-corrected chi connectivity index (χ2v) is 3.85. The second kappa shape index (κ2) is 4.82. The molecule has 2 aromatic heterocycles. The third kappa shape index (κ3) is 2.45. The highest BCUT2D eigenvalue weighted by atomic mass is 16.4. The summed E-state index contributed by atoms with van der Waals surface area (Å²) in [6, 6.07) is -0.894. The number of carbonyl (C=O) groups is 1. The lowest BCUT2D eigenvalue weighted by Gasteiger charge is -2.14. The van der Waals surface area contributed by atoms with Crippen molar-refractivity contribution < 1.29 is 9.90 Å². The first-order valence-electron chi connectivity index (χ1n) is 5.33. The fourth-order valence-corrected chi connectivity index (χ4v) is 1.56. The van der Waals surface area contributed by atoms with Crippen molar-refractivity contribution in [3.63, 3.8) is 0 Å². The van der Waals surface area contributed by atoms with Crippen molar-refractivity contribution in [1.82, 2.24) is 19.7 Å². The second-order valence-electron chi connectivity index (χ2n) is 3.85. The van der Waals surface area contributed by atoms with E-state index in [4.69, 9.17) is 0 Å². The van der Waals surface area contributed by atoms with E-state index in [1.165, 1.54) is 12.4 Å². The molecule has 0 saturated heterocycles. The summed E-state index contributed by atoms with van der Waals surface area (Å²) in [4.78, 5) is 19.4. The Bertz CT molecular complexity index is 566. The van der Waals surface area contributed by atoms with E-state index in [2.05, 4.69) is 20.4 Å². The summed E-state index contributed by atoms with van der Waals surface area (Å²) in [7, 11) is 1.73. The number of carboxylic acid groups (broad SMARTS) is 1. The van der Waals surface area contributed by atoms with Gasteiger partial charge in [-0.1, -0.05) is 0 Å². The average molecular weight is 247 g/mol. The van der Waals surface area contributed by atoms with Gasteiger partial charge in [-0.2, -0.15) is 5.10 Å². The molecule has 94 valence electrons. The number of rotatable bonds is 4. The SMILES string of the molecule is Cc1nccnc1NC(C(=O)O)c1cnn(C)c1. The number of anilines is 1. The Balaban J connectivity index is 2.28. The lowest BCUT2D eigenvalue weighted by Crippen LogP contribution is -2.21. The van der Waals surface area contributed by atoms with Crippen LogP contribution in [0.5, 0.6) is 0 Å². The Morgan fingerprint density at radius 3 is 2.72 bits per heavy atom. The summed E-state index contributed by atoms with van der Waals surface area (Å²) >= 11 is 0. The molecule has 1 atom stereocenters. The van der Waals surface area contributed by atoms with Crippen molar-refractivity contribution in [3.8, 4) is 0 Å². The summed E-state index contributed by atoms with van der Waals surface area (Å²) in [6.07, 6.45) is 6.23. The summed E-state index contributed by atoms with van der Waals surface area (Å²) in [5.41, 5.74) is 1.21. The van der Waals surface area contributed by atoms with Gasteiger partial charge < -0.3 is 10.4 Å². The van der Waals surface area contributed by atoms with Gasteiger partial charge in [0, 0.05) is 31.2 Å². The molecule has 2 heterocycles. The molecule has 0 aliphatic rings. The molecular weight excluding hydrogens is 234 g/mol. The first-order valence-corrected chi connectivity index (χ1v) is 5.33. The van der Waals surface area contributed by atoms with Crippen LogP contribution in [-0.4, -0.2) is 30.8 Å². The Labute approximate surface area is 104 Å². The largest absolute Gasteiger partial charge is 0.479 e. The molecule has 2 aromatic rings. The minimum atomic E-state index is -0.993. The minimum Gasteiger partial charge on any atom is -0.479 e. The normalized spacial score (nSPS) is 12.1. The van der Waals surface area contributed by atoms with Crippen molar-refractivity contribution in [2.24, 2.45) is 7.05 Å². The fraction of sp³-hybridized carbons (Fsp3) is 0.273. The molecule has 7 nitrogen and oxygen atoms in total. The Morgan fingerprint density at radius 2 is 2.17 bits per heavy atom. The van der Waals surface area contributed by atoms with E-state index in [9.17, 15) is 9.90 Å². The van der Waals surface area contributed by atoms with Gasteiger partial charge in [-0.05, 0) is 6.92 Å². The third-order valence-electron chi connectivity index (χ3n) is 2.47. The van der Waals surface area contributed by atoms with Crippen LogP contribution in [0.15, 0.2) is 24.8 Å². The molecule has 0 aromatic carbocycles. The molecule has 0 bridgehead atoms. The van der Waals surface area contributed by atoms with Gasteiger partial charge in [0.1, 0.15) is 5.82 Å². The maximum absolute atomic E-state index is 11.3. The first-order chi connectivity index (χ1) is 8.58. The van der Waals surface area contributed by atoms with E-state index in [0.29, 0.717) is 17.1 Å². The highest BCUT2D eigenvalue weighted by molar-refractivity contribution is 5.78.